The highest BCUT2D eigenvalue weighted by atomic mass is 16.3. The number of phenolic OH excluding ortho intramolecular Hbond substituents is 1. The van der Waals surface area contributed by atoms with Gasteiger partial charge in [0.15, 0.2) is 0 Å². The van der Waals surface area contributed by atoms with Crippen LogP contribution < -0.4 is 0 Å². The first-order chi connectivity index (χ1) is 8.91. The Labute approximate surface area is 115 Å². The largest absolute Gasteiger partial charge is 0.508 e. The summed E-state index contributed by atoms with van der Waals surface area (Å²) in [4.78, 5) is 2.13. The summed E-state index contributed by atoms with van der Waals surface area (Å²) in [6.45, 7) is 3.07. The SMILES string of the molecule is C[C@@H]1CC[C@@H](CN(C)C)[C@](O)(c2cccc(O)c2)C1. The summed E-state index contributed by atoms with van der Waals surface area (Å²) in [5, 5.41) is 20.9. The molecule has 0 spiro atoms. The molecule has 0 aromatic heterocycles. The summed E-state index contributed by atoms with van der Waals surface area (Å²) >= 11 is 0. The minimum absolute atomic E-state index is 0.223. The Kier molecular flexibility index (Phi) is 4.16. The van der Waals surface area contributed by atoms with Crippen molar-refractivity contribution in [2.45, 2.75) is 31.8 Å². The smallest absolute Gasteiger partial charge is 0.115 e. The lowest BCUT2D eigenvalue weighted by Crippen LogP contribution is -2.44. The van der Waals surface area contributed by atoms with Crippen LogP contribution in [0.5, 0.6) is 5.75 Å². The Hall–Kier alpha value is -1.06. The number of hydrogen-bond donors (Lipinski definition) is 2. The van der Waals surface area contributed by atoms with E-state index in [2.05, 4.69) is 11.8 Å². The van der Waals surface area contributed by atoms with E-state index in [1.807, 2.05) is 26.2 Å². The van der Waals surface area contributed by atoms with Gasteiger partial charge in [-0.2, -0.15) is 0 Å². The van der Waals surface area contributed by atoms with Gasteiger partial charge in [0, 0.05) is 12.5 Å². The van der Waals surface area contributed by atoms with Gasteiger partial charge < -0.3 is 15.1 Å². The minimum atomic E-state index is -0.819. The zero-order valence-electron chi connectivity index (χ0n) is 12.1. The number of nitrogens with zero attached hydrogens (tertiary/aromatic N) is 1. The van der Waals surface area contributed by atoms with Crippen molar-refractivity contribution in [2.24, 2.45) is 11.8 Å². The van der Waals surface area contributed by atoms with E-state index < -0.39 is 5.60 Å². The Morgan fingerprint density at radius 1 is 1.32 bits per heavy atom. The third-order valence-electron chi connectivity index (χ3n) is 4.27. The van der Waals surface area contributed by atoms with E-state index in [0.717, 1.165) is 24.9 Å². The molecule has 19 heavy (non-hydrogen) atoms. The van der Waals surface area contributed by atoms with E-state index in [-0.39, 0.29) is 11.7 Å². The molecule has 106 valence electrons. The summed E-state index contributed by atoms with van der Waals surface area (Å²) in [6.07, 6.45) is 2.97. The van der Waals surface area contributed by atoms with Crippen molar-refractivity contribution in [3.63, 3.8) is 0 Å². The normalized spacial score (nSPS) is 31.6. The highest BCUT2D eigenvalue weighted by Crippen LogP contribution is 2.44. The Balaban J connectivity index is 2.33. The van der Waals surface area contributed by atoms with Crippen LogP contribution in [0.15, 0.2) is 24.3 Å². The third kappa shape index (κ3) is 3.10. The fraction of sp³-hybridized carbons (Fsp3) is 0.625. The van der Waals surface area contributed by atoms with Crippen LogP contribution in [-0.2, 0) is 5.60 Å². The number of benzene rings is 1. The van der Waals surface area contributed by atoms with E-state index in [4.69, 9.17) is 0 Å². The minimum Gasteiger partial charge on any atom is -0.508 e. The van der Waals surface area contributed by atoms with Crippen molar-refractivity contribution in [3.05, 3.63) is 29.8 Å². The molecule has 2 N–H and O–H groups in total. The van der Waals surface area contributed by atoms with E-state index in [0.29, 0.717) is 5.92 Å². The average molecular weight is 263 g/mol. The fourth-order valence-corrected chi connectivity index (χ4v) is 3.34. The van der Waals surface area contributed by atoms with Gasteiger partial charge in [0.2, 0.25) is 0 Å². The number of phenols is 1. The van der Waals surface area contributed by atoms with Crippen molar-refractivity contribution in [1.82, 2.24) is 4.90 Å². The molecule has 1 saturated carbocycles. The molecule has 0 saturated heterocycles. The van der Waals surface area contributed by atoms with E-state index >= 15 is 0 Å². The molecule has 3 atom stereocenters. The summed E-state index contributed by atoms with van der Waals surface area (Å²) in [5.74, 6) is 0.971. The molecule has 1 aliphatic carbocycles. The lowest BCUT2D eigenvalue weighted by molar-refractivity contribution is -0.0766. The molecule has 0 unspecified atom stereocenters. The summed E-state index contributed by atoms with van der Waals surface area (Å²) in [5.41, 5.74) is 0.0339. The van der Waals surface area contributed by atoms with Gasteiger partial charge in [-0.1, -0.05) is 25.5 Å². The van der Waals surface area contributed by atoms with Crippen LogP contribution in [0.25, 0.3) is 0 Å². The van der Waals surface area contributed by atoms with E-state index in [1.165, 1.54) is 6.42 Å². The third-order valence-corrected chi connectivity index (χ3v) is 4.27. The van der Waals surface area contributed by atoms with Crippen LogP contribution in [0.2, 0.25) is 0 Å². The maximum absolute atomic E-state index is 11.2. The molecule has 1 aliphatic rings. The van der Waals surface area contributed by atoms with Gasteiger partial charge in [-0.3, -0.25) is 0 Å². The van der Waals surface area contributed by atoms with Gasteiger partial charge in [-0.15, -0.1) is 0 Å². The standard InChI is InChI=1S/C16H25NO2/c1-12-7-8-14(11-17(2)3)16(19,10-12)13-5-4-6-15(18)9-13/h4-6,9,12,14,18-19H,7-8,10-11H2,1-3H3/t12-,14+,16-/m1/s1. The summed E-state index contributed by atoms with van der Waals surface area (Å²) in [7, 11) is 4.09. The first-order valence-electron chi connectivity index (χ1n) is 7.08. The fourth-order valence-electron chi connectivity index (χ4n) is 3.34. The molecular formula is C16H25NO2. The van der Waals surface area contributed by atoms with Gasteiger partial charge in [-0.05, 0) is 50.6 Å². The van der Waals surface area contributed by atoms with Crippen molar-refractivity contribution >= 4 is 0 Å². The molecule has 0 bridgehead atoms. The maximum Gasteiger partial charge on any atom is 0.115 e. The maximum atomic E-state index is 11.2. The van der Waals surface area contributed by atoms with Gasteiger partial charge in [0.1, 0.15) is 5.75 Å². The van der Waals surface area contributed by atoms with Gasteiger partial charge in [-0.25, -0.2) is 0 Å². The second-order valence-corrected chi connectivity index (χ2v) is 6.32. The zero-order valence-corrected chi connectivity index (χ0v) is 12.1. The van der Waals surface area contributed by atoms with E-state index in [9.17, 15) is 10.2 Å². The number of aromatic hydroxyl groups is 1. The Morgan fingerprint density at radius 3 is 2.68 bits per heavy atom. The van der Waals surface area contributed by atoms with Crippen molar-refractivity contribution in [2.75, 3.05) is 20.6 Å². The molecule has 2 rings (SSSR count). The second kappa shape index (κ2) is 5.51. The first-order valence-corrected chi connectivity index (χ1v) is 7.08. The quantitative estimate of drug-likeness (QED) is 0.881. The summed E-state index contributed by atoms with van der Waals surface area (Å²) < 4.78 is 0. The predicted octanol–water partition coefficient (Wildman–Crippen LogP) is 2.58. The predicted molar refractivity (Wildman–Crippen MR) is 77.1 cm³/mol. The van der Waals surface area contributed by atoms with Crippen LogP contribution in [0.3, 0.4) is 0 Å². The molecule has 3 heteroatoms. The molecule has 0 heterocycles. The Morgan fingerprint density at radius 2 is 2.05 bits per heavy atom. The van der Waals surface area contributed by atoms with Crippen LogP contribution in [0.1, 0.15) is 31.7 Å². The molecule has 1 aromatic rings. The van der Waals surface area contributed by atoms with Crippen molar-refractivity contribution < 1.29 is 10.2 Å². The van der Waals surface area contributed by atoms with Gasteiger partial charge in [0.25, 0.3) is 0 Å². The van der Waals surface area contributed by atoms with Crippen molar-refractivity contribution in [1.29, 1.82) is 0 Å². The molecule has 1 fully saturated rings. The van der Waals surface area contributed by atoms with E-state index in [1.54, 1.807) is 12.1 Å². The molecule has 1 aromatic carbocycles. The highest BCUT2D eigenvalue weighted by Gasteiger charge is 2.42. The number of aliphatic hydroxyl groups is 1. The molecule has 3 nitrogen and oxygen atoms in total. The second-order valence-electron chi connectivity index (χ2n) is 6.32. The van der Waals surface area contributed by atoms with Crippen molar-refractivity contribution in [3.8, 4) is 5.75 Å². The molecular weight excluding hydrogens is 238 g/mol. The zero-order chi connectivity index (χ0) is 14.0. The van der Waals surface area contributed by atoms with Gasteiger partial charge in [0.05, 0.1) is 5.60 Å². The average Bonchev–Trinajstić information content (AvgIpc) is 2.32. The first kappa shape index (κ1) is 14.4. The topological polar surface area (TPSA) is 43.7 Å². The lowest BCUT2D eigenvalue weighted by atomic mass is 9.68. The molecule has 0 aliphatic heterocycles. The van der Waals surface area contributed by atoms with Crippen LogP contribution >= 0.6 is 0 Å². The molecule has 0 radical (unpaired) electrons. The Bertz CT molecular complexity index is 433. The summed E-state index contributed by atoms with van der Waals surface area (Å²) in [6, 6.07) is 7.11. The number of hydrogen-bond acceptors (Lipinski definition) is 3. The van der Waals surface area contributed by atoms with Crippen LogP contribution in [-0.4, -0.2) is 35.8 Å². The lowest BCUT2D eigenvalue weighted by Gasteiger charge is -2.44. The monoisotopic (exact) mass is 263 g/mol. The van der Waals surface area contributed by atoms with Gasteiger partial charge >= 0.3 is 0 Å². The van der Waals surface area contributed by atoms with Crippen LogP contribution in [0, 0.1) is 11.8 Å². The van der Waals surface area contributed by atoms with Crippen LogP contribution in [0.4, 0.5) is 0 Å². The molecule has 0 amide bonds. The highest BCUT2D eigenvalue weighted by molar-refractivity contribution is 5.32. The number of rotatable bonds is 3.